The second-order valence-corrected chi connectivity index (χ2v) is 17.6. The van der Waals surface area contributed by atoms with Gasteiger partial charge in [-0.15, -0.1) is 11.3 Å². The Kier molecular flexibility index (Phi) is 11.4. The van der Waals surface area contributed by atoms with Crippen LogP contribution in [-0.4, -0.2) is 20.8 Å². The third kappa shape index (κ3) is 7.64. The van der Waals surface area contributed by atoms with Gasteiger partial charge in [0.15, 0.2) is 15.2 Å². The molecule has 9 rings (SSSR count). The van der Waals surface area contributed by atoms with Crippen LogP contribution >= 0.6 is 46.0 Å². The summed E-state index contributed by atoms with van der Waals surface area (Å²) < 4.78 is 1.80. The summed E-state index contributed by atoms with van der Waals surface area (Å²) in [7, 11) is 0. The third-order valence-electron chi connectivity index (χ3n) is 10.2. The van der Waals surface area contributed by atoms with Crippen molar-refractivity contribution in [2.24, 2.45) is 5.16 Å². The van der Waals surface area contributed by atoms with Crippen molar-refractivity contribution in [1.82, 2.24) is 9.97 Å². The van der Waals surface area contributed by atoms with E-state index in [-0.39, 0.29) is 15.7 Å². The third-order valence-corrected chi connectivity index (χ3v) is 13.3. The molecule has 0 aliphatic carbocycles. The van der Waals surface area contributed by atoms with Crippen molar-refractivity contribution in [2.75, 3.05) is 5.32 Å². The molecule has 0 spiro atoms. The zero-order valence-electron chi connectivity index (χ0n) is 31.9. The fraction of sp³-hybridized carbons (Fsp3) is 0.0400. The van der Waals surface area contributed by atoms with E-state index in [1.165, 1.54) is 22.7 Å². The van der Waals surface area contributed by atoms with Crippen molar-refractivity contribution < 1.29 is 9.63 Å². The van der Waals surface area contributed by atoms with Crippen molar-refractivity contribution >= 4 is 72.2 Å². The van der Waals surface area contributed by atoms with Gasteiger partial charge in [0.05, 0.1) is 10.2 Å². The fourth-order valence-corrected chi connectivity index (χ4v) is 10.4. The molecule has 0 amide bonds. The molecular formula is C50H35ClN4O2S3. The highest BCUT2D eigenvalue weighted by Gasteiger charge is 2.41. The summed E-state index contributed by atoms with van der Waals surface area (Å²) in [6.45, 7) is 0. The first-order valence-electron chi connectivity index (χ1n) is 19.2. The van der Waals surface area contributed by atoms with Gasteiger partial charge >= 0.3 is 0 Å². The summed E-state index contributed by atoms with van der Waals surface area (Å²) in [6.07, 6.45) is 0. The zero-order chi connectivity index (χ0) is 40.8. The molecule has 9 aromatic rings. The molecule has 2 aromatic heterocycles. The largest absolute Gasteiger partial charge is 0.374 e. The van der Waals surface area contributed by atoms with E-state index < -0.39 is 16.3 Å². The van der Waals surface area contributed by atoms with Gasteiger partial charge in [-0.25, -0.2) is 9.97 Å². The summed E-state index contributed by atoms with van der Waals surface area (Å²) in [5.74, 6) is 0. The van der Waals surface area contributed by atoms with Crippen LogP contribution in [-0.2, 0) is 20.8 Å². The minimum Gasteiger partial charge on any atom is -0.374 e. The number of thiazole rings is 2. The second-order valence-electron chi connectivity index (χ2n) is 13.8. The first-order valence-corrected chi connectivity index (χ1v) is 22.0. The van der Waals surface area contributed by atoms with E-state index in [2.05, 4.69) is 41.7 Å². The van der Waals surface area contributed by atoms with Gasteiger partial charge in [-0.1, -0.05) is 222 Å². The van der Waals surface area contributed by atoms with Gasteiger partial charge in [-0.3, -0.25) is 4.79 Å². The van der Waals surface area contributed by atoms with Crippen LogP contribution in [0.15, 0.2) is 216 Å². The maximum atomic E-state index is 14.8. The number of carbonyl (C=O) groups excluding carboxylic acids is 1. The summed E-state index contributed by atoms with van der Waals surface area (Å²) >= 11 is 10.9. The molecule has 0 saturated carbocycles. The van der Waals surface area contributed by atoms with E-state index >= 15 is 0 Å². The number of carbonyl (C=O) groups is 1. The van der Waals surface area contributed by atoms with Crippen LogP contribution in [0.3, 0.4) is 0 Å². The lowest BCUT2D eigenvalue weighted by Gasteiger charge is -2.36. The van der Waals surface area contributed by atoms with Crippen LogP contribution in [0.2, 0.25) is 4.34 Å². The predicted molar refractivity (Wildman–Crippen MR) is 247 cm³/mol. The second kappa shape index (κ2) is 17.5. The number of aromatic nitrogens is 2. The molecular weight excluding hydrogens is 820 g/mol. The molecule has 0 saturated heterocycles. The standard InChI is InChI=1S/C50H35ClN4O2S3/c51-45-43(53-47(59-45)54-49(35-21-7-1-8-22-35,36-23-9-2-10-24-36)37-25-11-3-12-26-37)44(46(56)60-48-52-41-33-19-20-34-42(41)58-48)55-57-50(38-27-13-4-14-28-38,39-29-15-5-16-30-39)40-31-17-6-18-32-40/h1-34H,(H,53,54)/b55-44-. The normalized spacial score (nSPS) is 12.0. The monoisotopic (exact) mass is 854 g/mol. The number of halogens is 1. The van der Waals surface area contributed by atoms with Gasteiger partial charge in [-0.2, -0.15) is 0 Å². The smallest absolute Gasteiger partial charge is 0.250 e. The lowest BCUT2D eigenvalue weighted by Crippen LogP contribution is -2.38. The summed E-state index contributed by atoms with van der Waals surface area (Å²) in [4.78, 5) is 31.6. The first-order chi connectivity index (χ1) is 29.5. The SMILES string of the molecule is O=C(Sc1nc2ccccc2s1)/C(=N\OC(c1ccccc1)(c1ccccc1)c1ccccc1)c1nc(NC(c2ccccc2)(c2ccccc2)c2ccccc2)sc1Cl. The Balaban J connectivity index is 1.21. The Hall–Kier alpha value is -6.36. The lowest BCUT2D eigenvalue weighted by atomic mass is 9.77. The van der Waals surface area contributed by atoms with E-state index in [0.717, 1.165) is 55.4 Å². The van der Waals surface area contributed by atoms with E-state index in [1.807, 2.05) is 170 Å². The van der Waals surface area contributed by atoms with Crippen molar-refractivity contribution in [3.63, 3.8) is 0 Å². The number of hydrogen-bond acceptors (Lipinski definition) is 9. The fourth-order valence-electron chi connectivity index (χ4n) is 7.43. The average Bonchev–Trinajstić information content (AvgIpc) is 3.90. The number of nitrogens with zero attached hydrogens (tertiary/aromatic N) is 3. The lowest BCUT2D eigenvalue weighted by molar-refractivity contribution is -0.105. The minimum atomic E-state index is -1.26. The van der Waals surface area contributed by atoms with Crippen LogP contribution in [0.5, 0.6) is 0 Å². The molecule has 0 fully saturated rings. The van der Waals surface area contributed by atoms with Crippen LogP contribution in [0.1, 0.15) is 39.1 Å². The van der Waals surface area contributed by atoms with Crippen molar-refractivity contribution in [1.29, 1.82) is 0 Å². The number of anilines is 1. The first kappa shape index (κ1) is 39.1. The number of oxime groups is 1. The Morgan fingerprint density at radius 3 is 1.42 bits per heavy atom. The quantitative estimate of drug-likeness (QED) is 0.0539. The summed E-state index contributed by atoms with van der Waals surface area (Å²) in [5, 5.41) is 8.72. The molecule has 1 N–H and O–H groups in total. The molecule has 0 unspecified atom stereocenters. The molecule has 0 atom stereocenters. The van der Waals surface area contributed by atoms with Gasteiger partial charge in [0.25, 0.3) is 0 Å². The Labute approximate surface area is 365 Å². The number of fused-ring (bicyclic) bond motifs is 1. The molecule has 7 aromatic carbocycles. The molecule has 6 nitrogen and oxygen atoms in total. The van der Waals surface area contributed by atoms with Crippen LogP contribution in [0.25, 0.3) is 10.2 Å². The topological polar surface area (TPSA) is 76.5 Å². The Morgan fingerprint density at radius 1 is 0.550 bits per heavy atom. The van der Waals surface area contributed by atoms with E-state index in [0.29, 0.717) is 9.47 Å². The van der Waals surface area contributed by atoms with E-state index in [1.54, 1.807) is 0 Å². The molecule has 2 heterocycles. The van der Waals surface area contributed by atoms with Crippen LogP contribution < -0.4 is 5.32 Å². The highest BCUT2D eigenvalue weighted by atomic mass is 35.5. The van der Waals surface area contributed by atoms with Gasteiger partial charge in [0.2, 0.25) is 10.7 Å². The van der Waals surface area contributed by atoms with Crippen molar-refractivity contribution in [3.05, 3.63) is 250 Å². The van der Waals surface area contributed by atoms with Crippen molar-refractivity contribution in [2.45, 2.75) is 15.5 Å². The summed E-state index contributed by atoms with van der Waals surface area (Å²) in [5.41, 5.74) is 4.24. The number of para-hydroxylation sites is 1. The molecule has 0 radical (unpaired) electrons. The molecule has 10 heteroatoms. The van der Waals surface area contributed by atoms with Gasteiger partial charge < -0.3 is 10.2 Å². The Bertz CT molecular complexity index is 2650. The Morgan fingerprint density at radius 2 is 0.967 bits per heavy atom. The number of hydrogen-bond donors (Lipinski definition) is 1. The minimum absolute atomic E-state index is 0.0505. The zero-order valence-corrected chi connectivity index (χ0v) is 35.1. The van der Waals surface area contributed by atoms with E-state index in [9.17, 15) is 4.79 Å². The predicted octanol–water partition coefficient (Wildman–Crippen LogP) is 12.8. The van der Waals surface area contributed by atoms with Crippen molar-refractivity contribution in [3.8, 4) is 0 Å². The molecule has 0 bridgehead atoms. The highest BCUT2D eigenvalue weighted by molar-refractivity contribution is 8.16. The van der Waals surface area contributed by atoms with E-state index in [4.69, 9.17) is 31.6 Å². The highest BCUT2D eigenvalue weighted by Crippen LogP contribution is 2.44. The van der Waals surface area contributed by atoms with Gasteiger partial charge in [0, 0.05) is 16.7 Å². The number of benzene rings is 7. The number of rotatable bonds is 13. The number of nitrogens with one attached hydrogen (secondary N) is 1. The maximum absolute atomic E-state index is 14.8. The molecule has 0 aliphatic rings. The van der Waals surface area contributed by atoms with Crippen LogP contribution in [0, 0.1) is 0 Å². The van der Waals surface area contributed by atoms with Gasteiger partial charge in [-0.05, 0) is 40.6 Å². The molecule has 0 aliphatic heterocycles. The average molecular weight is 856 g/mol. The maximum Gasteiger partial charge on any atom is 0.250 e. The van der Waals surface area contributed by atoms with Gasteiger partial charge in [0.1, 0.15) is 15.6 Å². The molecule has 60 heavy (non-hydrogen) atoms. The molecule has 292 valence electrons. The number of thioether (sulfide) groups is 1. The van der Waals surface area contributed by atoms with Crippen LogP contribution in [0.4, 0.5) is 5.13 Å². The summed E-state index contributed by atoms with van der Waals surface area (Å²) in [6, 6.07) is 68.2.